The number of nitrogens with two attached hydrogens (primary N) is 1. The molecule has 0 unspecified atom stereocenters. The summed E-state index contributed by atoms with van der Waals surface area (Å²) in [5.41, 5.74) is 6.17. The van der Waals surface area contributed by atoms with E-state index in [9.17, 15) is 28.3 Å². The molecule has 0 spiro atoms. The van der Waals surface area contributed by atoms with Crippen molar-refractivity contribution >= 4 is 17.7 Å². The smallest absolute Gasteiger partial charge is 0.263 e. The minimum Gasteiger partial charge on any atom is -0.378 e. The maximum atomic E-state index is 13.6. The second-order valence-electron chi connectivity index (χ2n) is 7.92. The zero-order valence-electron chi connectivity index (χ0n) is 18.2. The maximum absolute atomic E-state index is 13.6. The summed E-state index contributed by atoms with van der Waals surface area (Å²) in [6, 6.07) is 8.44. The number of carbonyl (C=O) groups excluding carboxylic acids is 3. The number of halogens is 2. The largest absolute Gasteiger partial charge is 0.378 e. The van der Waals surface area contributed by atoms with E-state index < -0.39 is 53.6 Å². The molecule has 1 heterocycles. The molecule has 1 aliphatic rings. The Hall–Kier alpha value is -3.43. The van der Waals surface area contributed by atoms with Crippen LogP contribution in [0.15, 0.2) is 60.7 Å². The molecule has 7 nitrogen and oxygen atoms in total. The number of benzene rings is 2. The van der Waals surface area contributed by atoms with E-state index in [1.807, 2.05) is 30.3 Å². The summed E-state index contributed by atoms with van der Waals surface area (Å²) >= 11 is 0. The van der Waals surface area contributed by atoms with E-state index in [1.54, 1.807) is 19.2 Å². The van der Waals surface area contributed by atoms with Gasteiger partial charge in [0.2, 0.25) is 11.8 Å². The Morgan fingerprint density at radius 2 is 1.73 bits per heavy atom. The first-order valence-corrected chi connectivity index (χ1v) is 10.4. The predicted octanol–water partition coefficient (Wildman–Crippen LogP) is 2.23. The molecular formula is C24H25F2N3O4. The van der Waals surface area contributed by atoms with Crippen molar-refractivity contribution in [2.24, 2.45) is 5.73 Å². The summed E-state index contributed by atoms with van der Waals surface area (Å²) in [6.45, 7) is 1.34. The van der Waals surface area contributed by atoms with Crippen molar-refractivity contribution < 1.29 is 28.3 Å². The zero-order chi connectivity index (χ0) is 24.3. The van der Waals surface area contributed by atoms with Gasteiger partial charge in [0.15, 0.2) is 6.10 Å². The molecule has 2 aromatic rings. The summed E-state index contributed by atoms with van der Waals surface area (Å²) in [4.78, 5) is 41.5. The van der Waals surface area contributed by atoms with Crippen molar-refractivity contribution in [2.45, 2.75) is 37.6 Å². The SMILES string of the molecule is C[C@H](N)C(=O)N(C(=O)[C@@H](O)c1cc(F)cc(F)c1)[C@H]1CC=C[C@@H](c2ccccc2)N(C)C1=O. The standard InChI is InChI=1S/C24H25F2N3O4/c1-14(27)22(31)29(24(33)21(30)16-11-17(25)13-18(26)12-16)20-10-6-9-19(28(2)23(20)32)15-7-4-3-5-8-15/h3-9,11-14,19-21,30H,10,27H2,1-2H3/t14-,19-,20-,21-/m0/s1. The van der Waals surface area contributed by atoms with Crippen molar-refractivity contribution in [1.82, 2.24) is 9.80 Å². The molecule has 0 saturated carbocycles. The fraction of sp³-hybridized carbons (Fsp3) is 0.292. The van der Waals surface area contributed by atoms with Gasteiger partial charge in [-0.05, 0) is 36.6 Å². The number of likely N-dealkylation sites (N-methyl/N-ethyl adjacent to an activating group) is 1. The Labute approximate surface area is 190 Å². The van der Waals surface area contributed by atoms with Crippen molar-refractivity contribution in [1.29, 1.82) is 0 Å². The van der Waals surface area contributed by atoms with E-state index in [-0.39, 0.29) is 12.0 Å². The van der Waals surface area contributed by atoms with E-state index in [1.165, 1.54) is 11.8 Å². The number of imide groups is 1. The van der Waals surface area contributed by atoms with Crippen molar-refractivity contribution in [3.8, 4) is 0 Å². The molecule has 1 aliphatic heterocycles. The highest BCUT2D eigenvalue weighted by molar-refractivity contribution is 6.04. The van der Waals surface area contributed by atoms with Crippen LogP contribution in [-0.4, -0.2) is 51.8 Å². The first-order valence-electron chi connectivity index (χ1n) is 10.4. The Bertz CT molecular complexity index is 1050. The van der Waals surface area contributed by atoms with Gasteiger partial charge in [-0.25, -0.2) is 8.78 Å². The van der Waals surface area contributed by atoms with E-state index in [0.29, 0.717) is 11.0 Å². The number of rotatable bonds is 5. The molecular weight excluding hydrogens is 432 g/mol. The van der Waals surface area contributed by atoms with Gasteiger partial charge in [0.25, 0.3) is 5.91 Å². The van der Waals surface area contributed by atoms with Gasteiger partial charge in [-0.2, -0.15) is 0 Å². The van der Waals surface area contributed by atoms with Crippen LogP contribution >= 0.6 is 0 Å². The molecule has 0 saturated heterocycles. The van der Waals surface area contributed by atoms with Gasteiger partial charge in [-0.1, -0.05) is 42.5 Å². The van der Waals surface area contributed by atoms with Gasteiger partial charge in [0.1, 0.15) is 17.7 Å². The molecule has 4 atom stereocenters. The van der Waals surface area contributed by atoms with Gasteiger partial charge < -0.3 is 15.7 Å². The quantitative estimate of drug-likeness (QED) is 0.671. The highest BCUT2D eigenvalue weighted by Crippen LogP contribution is 2.28. The van der Waals surface area contributed by atoms with Crippen LogP contribution < -0.4 is 5.73 Å². The van der Waals surface area contributed by atoms with Crippen molar-refractivity contribution in [3.05, 3.63) is 83.4 Å². The van der Waals surface area contributed by atoms with Crippen molar-refractivity contribution in [3.63, 3.8) is 0 Å². The second-order valence-corrected chi connectivity index (χ2v) is 7.92. The van der Waals surface area contributed by atoms with Gasteiger partial charge in [-0.15, -0.1) is 0 Å². The van der Waals surface area contributed by atoms with E-state index in [4.69, 9.17) is 5.73 Å². The lowest BCUT2D eigenvalue weighted by atomic mass is 10.0. The molecule has 174 valence electrons. The molecule has 33 heavy (non-hydrogen) atoms. The third kappa shape index (κ3) is 5.15. The summed E-state index contributed by atoms with van der Waals surface area (Å²) in [6.07, 6.45) is 1.37. The molecule has 2 aromatic carbocycles. The highest BCUT2D eigenvalue weighted by Gasteiger charge is 2.41. The van der Waals surface area contributed by atoms with Gasteiger partial charge in [0.05, 0.1) is 12.1 Å². The van der Waals surface area contributed by atoms with Crippen LogP contribution in [0.5, 0.6) is 0 Å². The molecule has 3 amide bonds. The Kier molecular flexibility index (Phi) is 7.35. The number of hydrogen-bond donors (Lipinski definition) is 2. The molecule has 0 radical (unpaired) electrons. The first-order chi connectivity index (χ1) is 15.6. The fourth-order valence-corrected chi connectivity index (χ4v) is 3.78. The Morgan fingerprint density at radius 3 is 2.30 bits per heavy atom. The molecule has 3 rings (SSSR count). The Balaban J connectivity index is 1.97. The average molecular weight is 457 g/mol. The fourth-order valence-electron chi connectivity index (χ4n) is 3.78. The monoisotopic (exact) mass is 457 g/mol. The highest BCUT2D eigenvalue weighted by atomic mass is 19.1. The zero-order valence-corrected chi connectivity index (χ0v) is 18.2. The average Bonchev–Trinajstić information content (AvgIpc) is 2.92. The first kappa shape index (κ1) is 24.2. The predicted molar refractivity (Wildman–Crippen MR) is 116 cm³/mol. The summed E-state index contributed by atoms with van der Waals surface area (Å²) in [5.74, 6) is -4.63. The van der Waals surface area contributed by atoms with E-state index in [0.717, 1.165) is 17.7 Å². The molecule has 0 aromatic heterocycles. The lowest BCUT2D eigenvalue weighted by Crippen LogP contribution is -2.57. The minimum absolute atomic E-state index is 0.0130. The minimum atomic E-state index is -2.08. The third-order valence-electron chi connectivity index (χ3n) is 5.48. The van der Waals surface area contributed by atoms with E-state index >= 15 is 0 Å². The number of carbonyl (C=O) groups is 3. The second kappa shape index (κ2) is 10.0. The summed E-state index contributed by atoms with van der Waals surface area (Å²) in [7, 11) is 1.54. The van der Waals surface area contributed by atoms with Crippen LogP contribution in [0.25, 0.3) is 0 Å². The van der Waals surface area contributed by atoms with Gasteiger partial charge >= 0.3 is 0 Å². The molecule has 9 heteroatoms. The number of aliphatic hydroxyl groups excluding tert-OH is 1. The van der Waals surface area contributed by atoms with Crippen LogP contribution in [-0.2, 0) is 14.4 Å². The lowest BCUT2D eigenvalue weighted by molar-refractivity contribution is -0.160. The topological polar surface area (TPSA) is 104 Å². The number of aliphatic hydroxyl groups is 1. The Morgan fingerprint density at radius 1 is 1.12 bits per heavy atom. The van der Waals surface area contributed by atoms with Crippen LogP contribution in [0.2, 0.25) is 0 Å². The normalized spacial score (nSPS) is 20.2. The van der Waals surface area contributed by atoms with E-state index in [2.05, 4.69) is 0 Å². The lowest BCUT2D eigenvalue weighted by Gasteiger charge is -2.34. The van der Waals surface area contributed by atoms with Gasteiger partial charge in [0, 0.05) is 13.1 Å². The number of nitrogens with zero attached hydrogens (tertiary/aromatic N) is 2. The van der Waals surface area contributed by atoms with Crippen LogP contribution in [0, 0.1) is 11.6 Å². The van der Waals surface area contributed by atoms with Crippen molar-refractivity contribution in [2.75, 3.05) is 7.05 Å². The van der Waals surface area contributed by atoms with Crippen LogP contribution in [0.4, 0.5) is 8.78 Å². The molecule has 3 N–H and O–H groups in total. The summed E-state index contributed by atoms with van der Waals surface area (Å²) in [5, 5.41) is 10.6. The third-order valence-corrected chi connectivity index (χ3v) is 5.48. The van der Waals surface area contributed by atoms with Gasteiger partial charge in [-0.3, -0.25) is 19.3 Å². The number of hydrogen-bond acceptors (Lipinski definition) is 5. The molecule has 0 aliphatic carbocycles. The number of amides is 3. The summed E-state index contributed by atoms with van der Waals surface area (Å²) < 4.78 is 27.3. The molecule has 0 fully saturated rings. The maximum Gasteiger partial charge on any atom is 0.263 e. The van der Waals surface area contributed by atoms with Crippen LogP contribution in [0.1, 0.15) is 36.6 Å². The molecule has 0 bridgehead atoms. The van der Waals surface area contributed by atoms with Crippen LogP contribution in [0.3, 0.4) is 0 Å².